The van der Waals surface area contributed by atoms with Crippen LogP contribution in [0, 0.1) is 5.92 Å². The zero-order valence-corrected chi connectivity index (χ0v) is 16.5. The molecule has 7 nitrogen and oxygen atoms in total. The molecule has 9 heteroatoms. The smallest absolute Gasteiger partial charge is 0.222 e. The van der Waals surface area contributed by atoms with Crippen LogP contribution in [-0.2, 0) is 14.6 Å². The minimum absolute atomic E-state index is 0. The van der Waals surface area contributed by atoms with Gasteiger partial charge >= 0.3 is 0 Å². The largest absolute Gasteiger partial charge is 0.357 e. The monoisotopic (exact) mass is 446 g/mol. The van der Waals surface area contributed by atoms with E-state index in [0.717, 1.165) is 0 Å². The summed E-state index contributed by atoms with van der Waals surface area (Å²) in [6.45, 7) is 7.24. The number of aliphatic imine (C=N–C) groups is 1. The SMILES string of the molecule is CCNC(=NCCNC(=O)C(C)C)NC1CCS(=O)(=O)C1.I. The molecule has 1 rings (SSSR count). The van der Waals surface area contributed by atoms with Gasteiger partial charge in [-0.3, -0.25) is 9.79 Å². The Hall–Kier alpha value is -0.580. The lowest BCUT2D eigenvalue weighted by Crippen LogP contribution is -2.44. The first-order valence-electron chi connectivity index (χ1n) is 7.37. The van der Waals surface area contributed by atoms with Crippen LogP contribution in [0.2, 0.25) is 0 Å². The van der Waals surface area contributed by atoms with Gasteiger partial charge in [0, 0.05) is 25.0 Å². The first kappa shape index (κ1) is 21.4. The van der Waals surface area contributed by atoms with Crippen LogP contribution in [0.15, 0.2) is 4.99 Å². The lowest BCUT2D eigenvalue weighted by molar-refractivity contribution is -0.123. The van der Waals surface area contributed by atoms with Crippen molar-refractivity contribution in [1.29, 1.82) is 0 Å². The van der Waals surface area contributed by atoms with Gasteiger partial charge in [-0.2, -0.15) is 0 Å². The highest BCUT2D eigenvalue weighted by molar-refractivity contribution is 14.0. The summed E-state index contributed by atoms with van der Waals surface area (Å²) in [5, 5.41) is 9.00. The fourth-order valence-corrected chi connectivity index (χ4v) is 3.65. The molecule has 3 N–H and O–H groups in total. The van der Waals surface area contributed by atoms with Crippen molar-refractivity contribution in [3.8, 4) is 0 Å². The van der Waals surface area contributed by atoms with Gasteiger partial charge < -0.3 is 16.0 Å². The number of nitrogens with one attached hydrogen (secondary N) is 3. The quantitative estimate of drug-likeness (QED) is 0.233. The van der Waals surface area contributed by atoms with E-state index in [4.69, 9.17) is 0 Å². The number of guanidine groups is 1. The molecule has 0 aromatic carbocycles. The number of carbonyl (C=O) groups is 1. The minimum atomic E-state index is -2.90. The van der Waals surface area contributed by atoms with Crippen LogP contribution < -0.4 is 16.0 Å². The van der Waals surface area contributed by atoms with Gasteiger partial charge in [0.1, 0.15) is 0 Å². The predicted octanol–water partition coefficient (Wildman–Crippen LogP) is 0.119. The minimum Gasteiger partial charge on any atom is -0.357 e. The van der Waals surface area contributed by atoms with Gasteiger partial charge in [-0.05, 0) is 13.3 Å². The third-order valence-corrected chi connectivity index (χ3v) is 4.89. The summed E-state index contributed by atoms with van der Waals surface area (Å²) in [4.78, 5) is 15.7. The molecule has 1 heterocycles. The molecule has 1 fully saturated rings. The molecule has 0 aliphatic carbocycles. The van der Waals surface area contributed by atoms with Crippen LogP contribution in [0.1, 0.15) is 27.2 Å². The second-order valence-corrected chi connectivity index (χ2v) is 7.68. The average Bonchev–Trinajstić information content (AvgIpc) is 2.73. The number of rotatable bonds is 6. The van der Waals surface area contributed by atoms with Crippen molar-refractivity contribution in [2.24, 2.45) is 10.9 Å². The van der Waals surface area contributed by atoms with Crippen molar-refractivity contribution in [2.45, 2.75) is 33.2 Å². The van der Waals surface area contributed by atoms with E-state index in [-0.39, 0.29) is 53.3 Å². The van der Waals surface area contributed by atoms with Crippen LogP contribution in [0.5, 0.6) is 0 Å². The highest BCUT2D eigenvalue weighted by Crippen LogP contribution is 2.10. The highest BCUT2D eigenvalue weighted by Gasteiger charge is 2.28. The summed E-state index contributed by atoms with van der Waals surface area (Å²) in [5.74, 6) is 0.947. The number of halogens is 1. The van der Waals surface area contributed by atoms with Crippen LogP contribution in [0.25, 0.3) is 0 Å². The van der Waals surface area contributed by atoms with E-state index in [0.29, 0.717) is 32.0 Å². The molecule has 0 spiro atoms. The van der Waals surface area contributed by atoms with Gasteiger partial charge in [-0.25, -0.2) is 8.42 Å². The van der Waals surface area contributed by atoms with Crippen molar-refractivity contribution in [2.75, 3.05) is 31.1 Å². The molecule has 1 atom stereocenters. The molecular formula is C13H27IN4O3S. The maximum Gasteiger partial charge on any atom is 0.222 e. The van der Waals surface area contributed by atoms with Gasteiger partial charge in [0.25, 0.3) is 0 Å². The molecule has 0 bridgehead atoms. The standard InChI is InChI=1S/C13H26N4O3S.HI/c1-4-14-13(16-7-6-15-12(18)10(2)3)17-11-5-8-21(19,20)9-11;/h10-11H,4-9H2,1-3H3,(H,15,18)(H2,14,16,17);1H. The van der Waals surface area contributed by atoms with E-state index in [1.54, 1.807) is 0 Å². The predicted molar refractivity (Wildman–Crippen MR) is 99.4 cm³/mol. The Kier molecular flexibility index (Phi) is 9.97. The Balaban J connectivity index is 0.00000441. The van der Waals surface area contributed by atoms with Gasteiger partial charge in [0.15, 0.2) is 15.8 Å². The molecule has 1 unspecified atom stereocenters. The van der Waals surface area contributed by atoms with E-state index in [1.165, 1.54) is 0 Å². The van der Waals surface area contributed by atoms with Crippen molar-refractivity contribution < 1.29 is 13.2 Å². The highest BCUT2D eigenvalue weighted by atomic mass is 127. The van der Waals surface area contributed by atoms with Crippen LogP contribution in [0.3, 0.4) is 0 Å². The van der Waals surface area contributed by atoms with Crippen molar-refractivity contribution >= 4 is 45.7 Å². The maximum atomic E-state index is 11.4. The first-order valence-corrected chi connectivity index (χ1v) is 9.19. The molecule has 0 aromatic heterocycles. The summed E-state index contributed by atoms with van der Waals surface area (Å²) in [6, 6.07) is -0.0851. The third kappa shape index (κ3) is 8.16. The molecule has 130 valence electrons. The lowest BCUT2D eigenvalue weighted by atomic mass is 10.2. The Labute approximate surface area is 150 Å². The number of amides is 1. The summed E-state index contributed by atoms with van der Waals surface area (Å²) in [5.41, 5.74) is 0. The maximum absolute atomic E-state index is 11.4. The van der Waals surface area contributed by atoms with E-state index in [9.17, 15) is 13.2 Å². The van der Waals surface area contributed by atoms with E-state index in [2.05, 4.69) is 20.9 Å². The number of hydrogen-bond donors (Lipinski definition) is 3. The van der Waals surface area contributed by atoms with Gasteiger partial charge in [-0.15, -0.1) is 24.0 Å². The summed E-state index contributed by atoms with van der Waals surface area (Å²) >= 11 is 0. The zero-order chi connectivity index (χ0) is 15.9. The van der Waals surface area contributed by atoms with Crippen molar-refractivity contribution in [3.05, 3.63) is 0 Å². The third-order valence-electron chi connectivity index (χ3n) is 3.12. The molecule has 1 aliphatic rings. The second-order valence-electron chi connectivity index (χ2n) is 5.45. The van der Waals surface area contributed by atoms with Crippen LogP contribution in [0.4, 0.5) is 0 Å². The number of hydrogen-bond acceptors (Lipinski definition) is 4. The molecule has 1 aliphatic heterocycles. The molecule has 0 radical (unpaired) electrons. The van der Waals surface area contributed by atoms with Gasteiger partial charge in [0.05, 0.1) is 18.1 Å². The molecule has 22 heavy (non-hydrogen) atoms. The number of nitrogens with zero attached hydrogens (tertiary/aromatic N) is 1. The molecule has 0 aromatic rings. The molecule has 1 amide bonds. The normalized spacial score (nSPS) is 20.4. The number of carbonyl (C=O) groups excluding carboxylic acids is 1. The molecule has 1 saturated heterocycles. The zero-order valence-electron chi connectivity index (χ0n) is 13.4. The summed E-state index contributed by atoms with van der Waals surface area (Å²) in [7, 11) is -2.90. The van der Waals surface area contributed by atoms with Gasteiger partial charge in [0.2, 0.25) is 5.91 Å². The molecular weight excluding hydrogens is 419 g/mol. The van der Waals surface area contributed by atoms with E-state index in [1.807, 2.05) is 20.8 Å². The Morgan fingerprint density at radius 2 is 2.00 bits per heavy atom. The molecule has 0 saturated carbocycles. The fraction of sp³-hybridized carbons (Fsp3) is 0.846. The van der Waals surface area contributed by atoms with Gasteiger partial charge in [-0.1, -0.05) is 13.8 Å². The summed E-state index contributed by atoms with van der Waals surface area (Å²) in [6.07, 6.45) is 0.608. The Morgan fingerprint density at radius 3 is 2.50 bits per heavy atom. The van der Waals surface area contributed by atoms with E-state index < -0.39 is 9.84 Å². The Morgan fingerprint density at radius 1 is 1.32 bits per heavy atom. The lowest BCUT2D eigenvalue weighted by Gasteiger charge is -2.16. The second kappa shape index (κ2) is 10.2. The van der Waals surface area contributed by atoms with Crippen LogP contribution in [-0.4, -0.2) is 57.5 Å². The van der Waals surface area contributed by atoms with Crippen molar-refractivity contribution in [3.63, 3.8) is 0 Å². The van der Waals surface area contributed by atoms with Crippen molar-refractivity contribution in [1.82, 2.24) is 16.0 Å². The van der Waals surface area contributed by atoms with E-state index >= 15 is 0 Å². The van der Waals surface area contributed by atoms with Crippen LogP contribution >= 0.6 is 24.0 Å². The topological polar surface area (TPSA) is 99.7 Å². The number of sulfone groups is 1. The average molecular weight is 446 g/mol. The Bertz CT molecular complexity index is 480. The fourth-order valence-electron chi connectivity index (χ4n) is 1.97. The summed E-state index contributed by atoms with van der Waals surface area (Å²) < 4.78 is 22.9. The first-order chi connectivity index (χ1) is 9.84.